The second-order valence-electron chi connectivity index (χ2n) is 8.17. The van der Waals surface area contributed by atoms with Crippen molar-refractivity contribution in [2.75, 3.05) is 29.9 Å². The maximum absolute atomic E-state index is 11.7. The van der Waals surface area contributed by atoms with E-state index in [1.807, 2.05) is 30.3 Å². The SMILES string of the molecule is C[C@H](Nc1ccnc2ccnn12)c1cc2cccc(Cl)c2nc1N1CC[C@@H](NC(=O)CO)C1. The van der Waals surface area contributed by atoms with Crippen molar-refractivity contribution in [3.8, 4) is 0 Å². The van der Waals surface area contributed by atoms with Crippen LogP contribution in [0.15, 0.2) is 48.8 Å². The maximum Gasteiger partial charge on any atom is 0.245 e. The van der Waals surface area contributed by atoms with Gasteiger partial charge in [-0.3, -0.25) is 4.79 Å². The normalized spacial score (nSPS) is 16.9. The third kappa shape index (κ3) is 4.17. The number of nitrogens with zero attached hydrogens (tertiary/aromatic N) is 5. The zero-order chi connectivity index (χ0) is 22.9. The quantitative estimate of drug-likeness (QED) is 0.402. The summed E-state index contributed by atoms with van der Waals surface area (Å²) in [6.07, 6.45) is 4.24. The van der Waals surface area contributed by atoms with Gasteiger partial charge in [0.05, 0.1) is 22.8 Å². The van der Waals surface area contributed by atoms with Gasteiger partial charge in [-0.1, -0.05) is 23.7 Å². The molecule has 1 saturated heterocycles. The van der Waals surface area contributed by atoms with Gasteiger partial charge in [0, 0.05) is 42.3 Å². The lowest BCUT2D eigenvalue weighted by atomic mass is 10.1. The van der Waals surface area contributed by atoms with Gasteiger partial charge < -0.3 is 20.6 Å². The first-order valence-electron chi connectivity index (χ1n) is 10.8. The summed E-state index contributed by atoms with van der Waals surface area (Å²) in [5.41, 5.74) is 2.51. The lowest BCUT2D eigenvalue weighted by Gasteiger charge is -2.26. The minimum absolute atomic E-state index is 0.0478. The summed E-state index contributed by atoms with van der Waals surface area (Å²) < 4.78 is 1.76. The molecule has 0 unspecified atom stereocenters. The minimum atomic E-state index is -0.514. The van der Waals surface area contributed by atoms with Gasteiger partial charge in [0.2, 0.25) is 5.91 Å². The number of hydrogen-bond acceptors (Lipinski definition) is 7. The number of aliphatic hydroxyl groups excluding tert-OH is 1. The Morgan fingerprint density at radius 3 is 3.03 bits per heavy atom. The van der Waals surface area contributed by atoms with Gasteiger partial charge in [0.1, 0.15) is 18.2 Å². The summed E-state index contributed by atoms with van der Waals surface area (Å²) in [4.78, 5) is 23.1. The van der Waals surface area contributed by atoms with Crippen LogP contribution in [0.25, 0.3) is 16.6 Å². The first kappa shape index (κ1) is 21.4. The van der Waals surface area contributed by atoms with Gasteiger partial charge in [-0.2, -0.15) is 9.61 Å². The number of benzene rings is 1. The highest BCUT2D eigenvalue weighted by molar-refractivity contribution is 6.35. The van der Waals surface area contributed by atoms with E-state index in [-0.39, 0.29) is 18.0 Å². The zero-order valence-electron chi connectivity index (χ0n) is 18.1. The molecule has 33 heavy (non-hydrogen) atoms. The number of carbonyl (C=O) groups is 1. The van der Waals surface area contributed by atoms with Crippen molar-refractivity contribution in [1.82, 2.24) is 24.9 Å². The van der Waals surface area contributed by atoms with E-state index in [1.165, 1.54) is 0 Å². The molecule has 1 aromatic carbocycles. The number of carbonyl (C=O) groups excluding carboxylic acids is 1. The van der Waals surface area contributed by atoms with Gasteiger partial charge in [0.15, 0.2) is 5.65 Å². The van der Waals surface area contributed by atoms with Crippen molar-refractivity contribution < 1.29 is 9.90 Å². The Hall–Kier alpha value is -3.43. The molecule has 0 saturated carbocycles. The van der Waals surface area contributed by atoms with Crippen LogP contribution >= 0.6 is 11.6 Å². The van der Waals surface area contributed by atoms with E-state index < -0.39 is 6.61 Å². The summed E-state index contributed by atoms with van der Waals surface area (Å²) in [7, 11) is 0. The zero-order valence-corrected chi connectivity index (χ0v) is 18.8. The van der Waals surface area contributed by atoms with Gasteiger partial charge in [-0.15, -0.1) is 0 Å². The smallest absolute Gasteiger partial charge is 0.245 e. The molecule has 2 atom stereocenters. The Balaban J connectivity index is 1.51. The molecule has 4 heterocycles. The van der Waals surface area contributed by atoms with Crippen molar-refractivity contribution in [3.05, 3.63) is 59.4 Å². The monoisotopic (exact) mass is 465 g/mol. The van der Waals surface area contributed by atoms with E-state index in [0.717, 1.165) is 46.7 Å². The second-order valence-corrected chi connectivity index (χ2v) is 8.57. The molecule has 0 bridgehead atoms. The van der Waals surface area contributed by atoms with Crippen LogP contribution in [0, 0.1) is 0 Å². The largest absolute Gasteiger partial charge is 0.387 e. The number of anilines is 2. The fraction of sp³-hybridized carbons (Fsp3) is 0.304. The molecule has 1 aliphatic rings. The number of rotatable bonds is 6. The molecule has 1 aliphatic heterocycles. The summed E-state index contributed by atoms with van der Waals surface area (Å²) >= 11 is 6.47. The van der Waals surface area contributed by atoms with Gasteiger partial charge in [-0.05, 0) is 31.5 Å². The van der Waals surface area contributed by atoms with E-state index in [9.17, 15) is 4.79 Å². The van der Waals surface area contributed by atoms with Gasteiger partial charge in [-0.25, -0.2) is 9.97 Å². The minimum Gasteiger partial charge on any atom is -0.387 e. The Bertz CT molecular complexity index is 1320. The Labute approximate surface area is 195 Å². The van der Waals surface area contributed by atoms with Crippen LogP contribution in [0.2, 0.25) is 5.02 Å². The molecule has 4 aromatic rings. The van der Waals surface area contributed by atoms with Gasteiger partial charge >= 0.3 is 0 Å². The number of para-hydroxylation sites is 1. The molecule has 3 aromatic heterocycles. The Morgan fingerprint density at radius 2 is 2.18 bits per heavy atom. The lowest BCUT2D eigenvalue weighted by Crippen LogP contribution is -2.38. The van der Waals surface area contributed by atoms with E-state index in [4.69, 9.17) is 21.7 Å². The topological polar surface area (TPSA) is 108 Å². The fourth-order valence-electron chi connectivity index (χ4n) is 4.33. The van der Waals surface area contributed by atoms with Crippen LogP contribution in [0.5, 0.6) is 0 Å². The molecule has 1 fully saturated rings. The van der Waals surface area contributed by atoms with Crippen molar-refractivity contribution in [2.45, 2.75) is 25.4 Å². The second kappa shape index (κ2) is 8.84. The van der Waals surface area contributed by atoms with Crippen molar-refractivity contribution in [3.63, 3.8) is 0 Å². The molecule has 9 nitrogen and oxygen atoms in total. The number of hydrogen-bond donors (Lipinski definition) is 3. The van der Waals surface area contributed by atoms with Crippen molar-refractivity contribution >= 4 is 45.7 Å². The third-order valence-electron chi connectivity index (χ3n) is 5.92. The van der Waals surface area contributed by atoms with E-state index >= 15 is 0 Å². The predicted molar refractivity (Wildman–Crippen MR) is 128 cm³/mol. The number of amides is 1. The summed E-state index contributed by atoms with van der Waals surface area (Å²) in [5, 5.41) is 21.4. The van der Waals surface area contributed by atoms with Crippen LogP contribution < -0.4 is 15.5 Å². The molecule has 170 valence electrons. The summed E-state index contributed by atoms with van der Waals surface area (Å²) in [6, 6.07) is 11.5. The van der Waals surface area contributed by atoms with Gasteiger partial charge in [0.25, 0.3) is 0 Å². The molecule has 10 heteroatoms. The van der Waals surface area contributed by atoms with E-state index in [0.29, 0.717) is 11.6 Å². The van der Waals surface area contributed by atoms with Crippen LogP contribution in [-0.2, 0) is 4.79 Å². The van der Waals surface area contributed by atoms with E-state index in [2.05, 4.69) is 38.6 Å². The molecular weight excluding hydrogens is 442 g/mol. The number of halogens is 1. The first-order chi connectivity index (χ1) is 16.0. The standard InChI is InChI=1S/C23H24ClN7O2/c1-14(27-20-5-8-25-19-6-9-26-31(19)20)17-11-15-3-2-4-18(24)22(15)29-23(17)30-10-7-16(12-30)28-21(33)13-32/h2-6,8-9,11,14,16,27,32H,7,10,12-13H2,1H3,(H,28,33)/t14-,16+/m0/s1. The highest BCUT2D eigenvalue weighted by atomic mass is 35.5. The molecule has 1 amide bonds. The average molecular weight is 466 g/mol. The third-order valence-corrected chi connectivity index (χ3v) is 6.23. The molecule has 3 N–H and O–H groups in total. The highest BCUT2D eigenvalue weighted by Gasteiger charge is 2.28. The molecular formula is C23H24ClN7O2. The maximum atomic E-state index is 11.7. The molecule has 0 aliphatic carbocycles. The van der Waals surface area contributed by atoms with Crippen LogP contribution in [0.3, 0.4) is 0 Å². The van der Waals surface area contributed by atoms with Crippen LogP contribution in [-0.4, -0.2) is 56.3 Å². The number of fused-ring (bicyclic) bond motifs is 2. The Morgan fingerprint density at radius 1 is 1.30 bits per heavy atom. The van der Waals surface area contributed by atoms with Crippen LogP contribution in [0.1, 0.15) is 24.9 Å². The fourth-order valence-corrected chi connectivity index (χ4v) is 4.55. The number of pyridine rings is 1. The molecule has 5 rings (SSSR count). The highest BCUT2D eigenvalue weighted by Crippen LogP contribution is 2.34. The number of nitrogens with one attached hydrogen (secondary N) is 2. The van der Waals surface area contributed by atoms with Crippen molar-refractivity contribution in [1.29, 1.82) is 0 Å². The lowest BCUT2D eigenvalue weighted by molar-refractivity contribution is -0.124. The Kier molecular flexibility index (Phi) is 5.74. The van der Waals surface area contributed by atoms with Crippen LogP contribution in [0.4, 0.5) is 11.6 Å². The summed E-state index contributed by atoms with van der Waals surface area (Å²) in [5.74, 6) is 1.28. The molecule has 0 spiro atoms. The summed E-state index contributed by atoms with van der Waals surface area (Å²) in [6.45, 7) is 2.90. The average Bonchev–Trinajstić information content (AvgIpc) is 3.48. The number of aromatic nitrogens is 4. The first-order valence-corrected chi connectivity index (χ1v) is 11.2. The molecule has 0 radical (unpaired) electrons. The predicted octanol–water partition coefficient (Wildman–Crippen LogP) is 2.79. The number of aliphatic hydroxyl groups is 1. The van der Waals surface area contributed by atoms with Crippen molar-refractivity contribution in [2.24, 2.45) is 0 Å². The van der Waals surface area contributed by atoms with E-state index in [1.54, 1.807) is 16.9 Å².